The number of benzene rings is 1. The Kier molecular flexibility index (Phi) is 4.90. The van der Waals surface area contributed by atoms with Gasteiger partial charge in [-0.3, -0.25) is 9.59 Å². The molecule has 0 fully saturated rings. The SMILES string of the molecule is Nc1cc(-c2cccs2)nn(CC(=O)NCc2cccc(F)c2)c1=O. The number of thiophene rings is 1. The van der Waals surface area contributed by atoms with Gasteiger partial charge in [-0.15, -0.1) is 11.3 Å². The monoisotopic (exact) mass is 358 g/mol. The number of hydrogen-bond donors (Lipinski definition) is 2. The van der Waals surface area contributed by atoms with Crippen LogP contribution in [0.3, 0.4) is 0 Å². The smallest absolute Gasteiger partial charge is 0.290 e. The van der Waals surface area contributed by atoms with E-state index >= 15 is 0 Å². The van der Waals surface area contributed by atoms with E-state index in [-0.39, 0.29) is 24.6 Å². The first-order valence-electron chi connectivity index (χ1n) is 7.45. The summed E-state index contributed by atoms with van der Waals surface area (Å²) in [7, 11) is 0. The van der Waals surface area contributed by atoms with E-state index in [4.69, 9.17) is 5.73 Å². The van der Waals surface area contributed by atoms with E-state index < -0.39 is 11.5 Å². The molecule has 2 heterocycles. The van der Waals surface area contributed by atoms with Crippen LogP contribution in [0.2, 0.25) is 0 Å². The van der Waals surface area contributed by atoms with Gasteiger partial charge in [0.15, 0.2) is 0 Å². The maximum Gasteiger partial charge on any atom is 0.290 e. The number of amides is 1. The Bertz CT molecular complexity index is 954. The first-order valence-corrected chi connectivity index (χ1v) is 8.33. The average molecular weight is 358 g/mol. The number of nitrogen functional groups attached to an aromatic ring is 1. The highest BCUT2D eigenvalue weighted by atomic mass is 32.1. The second kappa shape index (κ2) is 7.27. The van der Waals surface area contributed by atoms with E-state index in [1.54, 1.807) is 12.1 Å². The third kappa shape index (κ3) is 4.10. The summed E-state index contributed by atoms with van der Waals surface area (Å²) in [5.41, 5.74) is 6.40. The van der Waals surface area contributed by atoms with Crippen molar-refractivity contribution in [3.05, 3.63) is 69.6 Å². The lowest BCUT2D eigenvalue weighted by atomic mass is 10.2. The number of aromatic nitrogens is 2. The van der Waals surface area contributed by atoms with Gasteiger partial charge in [-0.25, -0.2) is 9.07 Å². The molecule has 1 amide bonds. The van der Waals surface area contributed by atoms with Gasteiger partial charge < -0.3 is 11.1 Å². The molecule has 3 aromatic rings. The van der Waals surface area contributed by atoms with Crippen molar-refractivity contribution in [2.45, 2.75) is 13.1 Å². The van der Waals surface area contributed by atoms with Crippen molar-refractivity contribution in [3.63, 3.8) is 0 Å². The van der Waals surface area contributed by atoms with Gasteiger partial charge in [0.25, 0.3) is 5.56 Å². The molecule has 128 valence electrons. The van der Waals surface area contributed by atoms with Gasteiger partial charge in [-0.2, -0.15) is 5.10 Å². The maximum atomic E-state index is 13.1. The number of carbonyl (C=O) groups is 1. The third-order valence-electron chi connectivity index (χ3n) is 3.45. The second-order valence-corrected chi connectivity index (χ2v) is 6.28. The molecule has 2 aromatic heterocycles. The number of anilines is 1. The lowest BCUT2D eigenvalue weighted by Crippen LogP contribution is -2.34. The molecule has 8 heteroatoms. The zero-order valence-electron chi connectivity index (χ0n) is 13.1. The Balaban J connectivity index is 1.73. The molecule has 0 bridgehead atoms. The quantitative estimate of drug-likeness (QED) is 0.730. The number of halogens is 1. The molecule has 0 aliphatic heterocycles. The van der Waals surface area contributed by atoms with Crippen LogP contribution in [0.15, 0.2) is 52.6 Å². The Labute approximate surface area is 146 Å². The van der Waals surface area contributed by atoms with Gasteiger partial charge in [0.2, 0.25) is 5.91 Å². The van der Waals surface area contributed by atoms with Gasteiger partial charge in [-0.05, 0) is 35.2 Å². The van der Waals surface area contributed by atoms with Crippen molar-refractivity contribution >= 4 is 22.9 Å². The van der Waals surface area contributed by atoms with E-state index in [0.29, 0.717) is 11.3 Å². The highest BCUT2D eigenvalue weighted by Gasteiger charge is 2.11. The number of carbonyl (C=O) groups excluding carboxylic acids is 1. The Morgan fingerprint density at radius 3 is 2.84 bits per heavy atom. The van der Waals surface area contributed by atoms with Crippen LogP contribution in [0, 0.1) is 5.82 Å². The largest absolute Gasteiger partial charge is 0.394 e. The molecule has 3 N–H and O–H groups in total. The van der Waals surface area contributed by atoms with E-state index in [1.165, 1.54) is 29.5 Å². The fourth-order valence-electron chi connectivity index (χ4n) is 2.25. The first-order chi connectivity index (χ1) is 12.0. The predicted molar refractivity (Wildman–Crippen MR) is 94.5 cm³/mol. The molecule has 0 aliphatic carbocycles. The summed E-state index contributed by atoms with van der Waals surface area (Å²) in [6.07, 6.45) is 0. The predicted octanol–water partition coefficient (Wildman–Crippen LogP) is 2.01. The van der Waals surface area contributed by atoms with Gasteiger partial charge >= 0.3 is 0 Å². The summed E-state index contributed by atoms with van der Waals surface area (Å²) in [6.45, 7) is -0.108. The molecular weight excluding hydrogens is 343 g/mol. The first kappa shape index (κ1) is 16.8. The number of rotatable bonds is 5. The Morgan fingerprint density at radius 2 is 2.12 bits per heavy atom. The van der Waals surface area contributed by atoms with Gasteiger partial charge in [0.1, 0.15) is 23.7 Å². The number of hydrogen-bond acceptors (Lipinski definition) is 5. The molecule has 0 saturated heterocycles. The van der Waals surface area contributed by atoms with Crippen LogP contribution < -0.4 is 16.6 Å². The molecule has 0 saturated carbocycles. The minimum Gasteiger partial charge on any atom is -0.394 e. The van der Waals surface area contributed by atoms with Crippen molar-refractivity contribution in [2.75, 3.05) is 5.73 Å². The molecular formula is C17H15FN4O2S. The van der Waals surface area contributed by atoms with Crippen LogP contribution in [-0.4, -0.2) is 15.7 Å². The second-order valence-electron chi connectivity index (χ2n) is 5.33. The molecule has 25 heavy (non-hydrogen) atoms. The van der Waals surface area contributed by atoms with Crippen LogP contribution in [0.25, 0.3) is 10.6 Å². The van der Waals surface area contributed by atoms with Crippen LogP contribution in [0.5, 0.6) is 0 Å². The summed E-state index contributed by atoms with van der Waals surface area (Å²) in [5.74, 6) is -0.789. The normalized spacial score (nSPS) is 10.6. The Hall–Kier alpha value is -3.00. The molecule has 0 atom stereocenters. The fourth-order valence-corrected chi connectivity index (χ4v) is 2.94. The summed E-state index contributed by atoms with van der Waals surface area (Å²) >= 11 is 1.46. The van der Waals surface area contributed by atoms with E-state index in [2.05, 4.69) is 10.4 Å². The number of nitrogens with one attached hydrogen (secondary N) is 1. The standard InChI is InChI=1S/C17H15FN4O2S/c18-12-4-1-3-11(7-12)9-20-16(23)10-22-17(24)13(19)8-14(21-22)15-5-2-6-25-15/h1-8H,9-10,19H2,(H,20,23). The molecule has 6 nitrogen and oxygen atoms in total. The molecule has 3 rings (SSSR count). The van der Waals surface area contributed by atoms with Crippen molar-refractivity contribution in [3.8, 4) is 10.6 Å². The van der Waals surface area contributed by atoms with Crippen molar-refractivity contribution in [1.82, 2.24) is 15.1 Å². The topological polar surface area (TPSA) is 90.0 Å². The molecule has 0 aliphatic rings. The highest BCUT2D eigenvalue weighted by molar-refractivity contribution is 7.13. The van der Waals surface area contributed by atoms with Crippen molar-refractivity contribution < 1.29 is 9.18 Å². The van der Waals surface area contributed by atoms with E-state index in [9.17, 15) is 14.0 Å². The summed E-state index contributed by atoms with van der Waals surface area (Å²) < 4.78 is 14.2. The van der Waals surface area contributed by atoms with Crippen LogP contribution in [0.4, 0.5) is 10.1 Å². The highest BCUT2D eigenvalue weighted by Crippen LogP contribution is 2.22. The molecule has 0 radical (unpaired) electrons. The molecule has 0 spiro atoms. The lowest BCUT2D eigenvalue weighted by molar-refractivity contribution is -0.122. The van der Waals surface area contributed by atoms with Gasteiger partial charge in [0, 0.05) is 6.54 Å². The molecule has 1 aromatic carbocycles. The minimum absolute atomic E-state index is 0.0244. The Morgan fingerprint density at radius 1 is 1.28 bits per heavy atom. The van der Waals surface area contributed by atoms with Crippen molar-refractivity contribution in [1.29, 1.82) is 0 Å². The maximum absolute atomic E-state index is 13.1. The summed E-state index contributed by atoms with van der Waals surface area (Å²) in [4.78, 5) is 25.0. The number of nitrogens with two attached hydrogens (primary N) is 1. The zero-order valence-corrected chi connectivity index (χ0v) is 13.9. The van der Waals surface area contributed by atoms with Gasteiger partial charge in [-0.1, -0.05) is 18.2 Å². The molecule has 0 unspecified atom stereocenters. The third-order valence-corrected chi connectivity index (χ3v) is 4.34. The van der Waals surface area contributed by atoms with E-state index in [0.717, 1.165) is 9.56 Å². The van der Waals surface area contributed by atoms with Crippen LogP contribution in [0.1, 0.15) is 5.56 Å². The average Bonchev–Trinajstić information content (AvgIpc) is 3.11. The van der Waals surface area contributed by atoms with Crippen LogP contribution in [-0.2, 0) is 17.9 Å². The summed E-state index contributed by atoms with van der Waals surface area (Å²) in [6, 6.07) is 11.1. The number of nitrogens with zero attached hydrogens (tertiary/aromatic N) is 2. The lowest BCUT2D eigenvalue weighted by Gasteiger charge is -2.09. The summed E-state index contributed by atoms with van der Waals surface area (Å²) in [5, 5.41) is 8.71. The zero-order chi connectivity index (χ0) is 17.8. The van der Waals surface area contributed by atoms with Crippen LogP contribution >= 0.6 is 11.3 Å². The minimum atomic E-state index is -0.527. The van der Waals surface area contributed by atoms with E-state index in [1.807, 2.05) is 17.5 Å². The van der Waals surface area contributed by atoms with Crippen molar-refractivity contribution in [2.24, 2.45) is 0 Å². The van der Waals surface area contributed by atoms with Gasteiger partial charge in [0.05, 0.1) is 4.88 Å². The fraction of sp³-hybridized carbons (Fsp3) is 0.118.